The monoisotopic (exact) mass is 225 g/mol. The topological polar surface area (TPSA) is 49.9 Å². The van der Waals surface area contributed by atoms with Crippen molar-refractivity contribution in [2.24, 2.45) is 0 Å². The van der Waals surface area contributed by atoms with E-state index in [4.69, 9.17) is 4.74 Å². The lowest BCUT2D eigenvalue weighted by Gasteiger charge is -2.08. The van der Waals surface area contributed by atoms with Crippen LogP contribution in [-0.4, -0.2) is 29.5 Å². The van der Waals surface area contributed by atoms with Gasteiger partial charge in [-0.3, -0.25) is 5.10 Å². The first-order chi connectivity index (χ1) is 7.61. The van der Waals surface area contributed by atoms with E-state index in [1.807, 2.05) is 6.92 Å². The third kappa shape index (κ3) is 4.33. The van der Waals surface area contributed by atoms with E-state index in [-0.39, 0.29) is 0 Å². The molecule has 1 heterocycles. The maximum atomic E-state index is 5.47. The Morgan fingerprint density at radius 3 is 2.69 bits per heavy atom. The summed E-state index contributed by atoms with van der Waals surface area (Å²) >= 11 is 0. The van der Waals surface area contributed by atoms with Crippen LogP contribution in [0.1, 0.15) is 37.2 Å². The molecule has 0 bridgehead atoms. The minimum absolute atomic E-state index is 0.332. The zero-order valence-corrected chi connectivity index (χ0v) is 10.8. The van der Waals surface area contributed by atoms with Crippen molar-refractivity contribution in [2.45, 2.75) is 46.8 Å². The molecule has 2 N–H and O–H groups in total. The third-order valence-corrected chi connectivity index (χ3v) is 2.53. The van der Waals surface area contributed by atoms with E-state index in [9.17, 15) is 0 Å². The highest BCUT2D eigenvalue weighted by atomic mass is 16.5. The van der Waals surface area contributed by atoms with Crippen molar-refractivity contribution in [3.8, 4) is 0 Å². The highest BCUT2D eigenvalue weighted by Gasteiger charge is 2.04. The Morgan fingerprint density at radius 2 is 2.12 bits per heavy atom. The maximum absolute atomic E-state index is 5.47. The summed E-state index contributed by atoms with van der Waals surface area (Å²) in [5.41, 5.74) is 3.52. The van der Waals surface area contributed by atoms with Crippen LogP contribution < -0.4 is 5.32 Å². The van der Waals surface area contributed by atoms with Crippen molar-refractivity contribution < 1.29 is 4.74 Å². The number of rotatable bonds is 7. The van der Waals surface area contributed by atoms with Crippen molar-refractivity contribution in [1.82, 2.24) is 15.5 Å². The summed E-state index contributed by atoms with van der Waals surface area (Å²) in [6.07, 6.45) is 1.38. The molecule has 0 saturated carbocycles. The molecular formula is C12H23N3O. The van der Waals surface area contributed by atoms with Gasteiger partial charge in [0.25, 0.3) is 0 Å². The highest BCUT2D eigenvalue weighted by Crippen LogP contribution is 2.08. The Labute approximate surface area is 97.8 Å². The molecule has 0 aliphatic heterocycles. The first-order valence-corrected chi connectivity index (χ1v) is 5.94. The molecule has 0 amide bonds. The smallest absolute Gasteiger partial charge is 0.0638 e. The molecule has 16 heavy (non-hydrogen) atoms. The molecule has 1 aromatic rings. The van der Waals surface area contributed by atoms with Crippen LogP contribution in [0.2, 0.25) is 0 Å². The van der Waals surface area contributed by atoms with Gasteiger partial charge in [0.1, 0.15) is 0 Å². The third-order valence-electron chi connectivity index (χ3n) is 2.53. The van der Waals surface area contributed by atoms with Crippen LogP contribution in [0.25, 0.3) is 0 Å². The summed E-state index contributed by atoms with van der Waals surface area (Å²) < 4.78 is 5.47. The van der Waals surface area contributed by atoms with E-state index in [0.717, 1.165) is 37.5 Å². The van der Waals surface area contributed by atoms with Crippen LogP contribution in [0.5, 0.6) is 0 Å². The molecule has 1 rings (SSSR count). The minimum Gasteiger partial charge on any atom is -0.379 e. The number of nitrogens with zero attached hydrogens (tertiary/aromatic N) is 1. The predicted molar refractivity (Wildman–Crippen MR) is 65.5 cm³/mol. The van der Waals surface area contributed by atoms with Gasteiger partial charge in [0, 0.05) is 24.4 Å². The van der Waals surface area contributed by atoms with Gasteiger partial charge in [0.05, 0.1) is 11.8 Å². The fourth-order valence-electron chi connectivity index (χ4n) is 1.56. The summed E-state index contributed by atoms with van der Waals surface area (Å²) in [4.78, 5) is 0. The number of hydrogen-bond donors (Lipinski definition) is 2. The molecule has 1 aromatic heterocycles. The fraction of sp³-hybridized carbons (Fsp3) is 0.750. The molecule has 4 nitrogen and oxygen atoms in total. The second kappa shape index (κ2) is 6.66. The molecule has 0 aliphatic carbocycles. The van der Waals surface area contributed by atoms with E-state index >= 15 is 0 Å². The average molecular weight is 225 g/mol. The van der Waals surface area contributed by atoms with E-state index < -0.39 is 0 Å². The number of hydrogen-bond acceptors (Lipinski definition) is 3. The van der Waals surface area contributed by atoms with Crippen molar-refractivity contribution in [1.29, 1.82) is 0 Å². The van der Waals surface area contributed by atoms with Crippen molar-refractivity contribution in [3.63, 3.8) is 0 Å². The maximum Gasteiger partial charge on any atom is 0.0638 e. The van der Waals surface area contributed by atoms with Gasteiger partial charge in [-0.15, -0.1) is 0 Å². The Bertz CT molecular complexity index is 288. The first kappa shape index (κ1) is 13.2. The highest BCUT2D eigenvalue weighted by molar-refractivity contribution is 5.22. The SMILES string of the molecule is Cc1n[nH]c(C)c1CNCCCOC(C)C. The largest absolute Gasteiger partial charge is 0.379 e. The van der Waals surface area contributed by atoms with Gasteiger partial charge in [-0.1, -0.05) is 0 Å². The summed E-state index contributed by atoms with van der Waals surface area (Å²) in [6.45, 7) is 10.9. The normalized spacial score (nSPS) is 11.3. The van der Waals surface area contributed by atoms with Crippen molar-refractivity contribution >= 4 is 0 Å². The van der Waals surface area contributed by atoms with Crippen molar-refractivity contribution in [3.05, 3.63) is 17.0 Å². The van der Waals surface area contributed by atoms with Crippen LogP contribution >= 0.6 is 0 Å². The number of aromatic nitrogens is 2. The Hall–Kier alpha value is -0.870. The molecule has 0 saturated heterocycles. The van der Waals surface area contributed by atoms with Gasteiger partial charge < -0.3 is 10.1 Å². The van der Waals surface area contributed by atoms with Crippen LogP contribution in [0, 0.1) is 13.8 Å². The van der Waals surface area contributed by atoms with E-state index in [0.29, 0.717) is 6.10 Å². The first-order valence-electron chi connectivity index (χ1n) is 5.94. The van der Waals surface area contributed by atoms with Crippen LogP contribution in [0.15, 0.2) is 0 Å². The summed E-state index contributed by atoms with van der Waals surface area (Å²) in [5, 5.41) is 10.6. The second-order valence-corrected chi connectivity index (χ2v) is 4.36. The number of ether oxygens (including phenoxy) is 1. The fourth-order valence-corrected chi connectivity index (χ4v) is 1.56. The van der Waals surface area contributed by atoms with Crippen LogP contribution in [0.4, 0.5) is 0 Å². The van der Waals surface area contributed by atoms with E-state index in [2.05, 4.69) is 36.3 Å². The molecular weight excluding hydrogens is 202 g/mol. The number of nitrogens with one attached hydrogen (secondary N) is 2. The van der Waals surface area contributed by atoms with Crippen molar-refractivity contribution in [2.75, 3.05) is 13.2 Å². The quantitative estimate of drug-likeness (QED) is 0.697. The number of aryl methyl sites for hydroxylation is 2. The lowest BCUT2D eigenvalue weighted by atomic mass is 10.2. The standard InChI is InChI=1S/C12H23N3O/c1-9(2)16-7-5-6-13-8-12-10(3)14-15-11(12)4/h9,13H,5-8H2,1-4H3,(H,14,15). The van der Waals surface area contributed by atoms with Crippen LogP contribution in [0.3, 0.4) is 0 Å². The molecule has 0 aliphatic rings. The number of aromatic amines is 1. The molecule has 4 heteroatoms. The molecule has 0 aromatic carbocycles. The Kier molecular flexibility index (Phi) is 5.49. The van der Waals surface area contributed by atoms with Gasteiger partial charge in [-0.2, -0.15) is 5.10 Å². The zero-order valence-electron chi connectivity index (χ0n) is 10.8. The number of H-pyrrole nitrogens is 1. The van der Waals surface area contributed by atoms with E-state index in [1.165, 1.54) is 5.56 Å². The molecule has 0 radical (unpaired) electrons. The second-order valence-electron chi connectivity index (χ2n) is 4.36. The minimum atomic E-state index is 0.332. The Balaban J connectivity index is 2.12. The van der Waals surface area contributed by atoms with Gasteiger partial charge >= 0.3 is 0 Å². The molecule has 0 spiro atoms. The zero-order chi connectivity index (χ0) is 12.0. The van der Waals surface area contributed by atoms with Gasteiger partial charge in [0.2, 0.25) is 0 Å². The van der Waals surface area contributed by atoms with E-state index in [1.54, 1.807) is 0 Å². The van der Waals surface area contributed by atoms with Gasteiger partial charge in [-0.25, -0.2) is 0 Å². The van der Waals surface area contributed by atoms with Gasteiger partial charge in [0.15, 0.2) is 0 Å². The predicted octanol–water partition coefficient (Wildman–Crippen LogP) is 1.93. The molecule has 0 atom stereocenters. The summed E-state index contributed by atoms with van der Waals surface area (Å²) in [6, 6.07) is 0. The summed E-state index contributed by atoms with van der Waals surface area (Å²) in [7, 11) is 0. The van der Waals surface area contributed by atoms with Gasteiger partial charge in [-0.05, 0) is 40.7 Å². The lowest BCUT2D eigenvalue weighted by molar-refractivity contribution is 0.0770. The van der Waals surface area contributed by atoms with Crippen LogP contribution in [-0.2, 0) is 11.3 Å². The Morgan fingerprint density at radius 1 is 1.38 bits per heavy atom. The summed E-state index contributed by atoms with van der Waals surface area (Å²) in [5.74, 6) is 0. The average Bonchev–Trinajstić information content (AvgIpc) is 2.53. The lowest BCUT2D eigenvalue weighted by Crippen LogP contribution is -2.18. The molecule has 92 valence electrons. The molecule has 0 unspecified atom stereocenters. The molecule has 0 fully saturated rings.